The summed E-state index contributed by atoms with van der Waals surface area (Å²) in [5, 5.41) is 2.91. The zero-order chi connectivity index (χ0) is 12.9. The molecule has 0 bridgehead atoms. The molecule has 1 aromatic rings. The molecule has 0 aromatic heterocycles. The van der Waals surface area contributed by atoms with E-state index < -0.39 is 12.1 Å². The van der Waals surface area contributed by atoms with Gasteiger partial charge in [0.05, 0.1) is 5.92 Å². The monoisotopic (exact) mass is 246 g/mol. The minimum absolute atomic E-state index is 0.0176. The molecule has 3 N–H and O–H groups in total. The van der Waals surface area contributed by atoms with Gasteiger partial charge in [0.1, 0.15) is 0 Å². The summed E-state index contributed by atoms with van der Waals surface area (Å²) in [5.41, 5.74) is 6.71. The number of nitrogens with one attached hydrogen (secondary N) is 1. The molecule has 17 heavy (non-hydrogen) atoms. The van der Waals surface area contributed by atoms with Crippen molar-refractivity contribution in [3.05, 3.63) is 29.8 Å². The number of benzene rings is 1. The zero-order valence-electron chi connectivity index (χ0n) is 9.72. The van der Waals surface area contributed by atoms with Gasteiger partial charge in [-0.2, -0.15) is 13.2 Å². The zero-order valence-corrected chi connectivity index (χ0v) is 9.72. The second kappa shape index (κ2) is 5.91. The number of anilines is 1. The fraction of sp³-hybridized carbons (Fsp3) is 0.500. The first-order chi connectivity index (χ1) is 7.97. The molecule has 0 aliphatic heterocycles. The highest BCUT2D eigenvalue weighted by molar-refractivity contribution is 5.45. The van der Waals surface area contributed by atoms with Gasteiger partial charge in [0, 0.05) is 12.7 Å². The molecule has 0 amide bonds. The summed E-state index contributed by atoms with van der Waals surface area (Å²) in [4.78, 5) is 0. The lowest BCUT2D eigenvalue weighted by atomic mass is 9.95. The fourth-order valence-electron chi connectivity index (χ4n) is 1.72. The third-order valence-corrected chi connectivity index (χ3v) is 2.68. The van der Waals surface area contributed by atoms with Crippen molar-refractivity contribution in [1.29, 1.82) is 0 Å². The van der Waals surface area contributed by atoms with Crippen LogP contribution in [-0.4, -0.2) is 19.8 Å². The van der Waals surface area contributed by atoms with Crippen LogP contribution >= 0.6 is 0 Å². The van der Waals surface area contributed by atoms with E-state index >= 15 is 0 Å². The first-order valence-corrected chi connectivity index (χ1v) is 5.51. The Morgan fingerprint density at radius 3 is 2.59 bits per heavy atom. The van der Waals surface area contributed by atoms with Crippen LogP contribution in [0, 0.1) is 5.92 Å². The van der Waals surface area contributed by atoms with E-state index in [0.29, 0.717) is 5.56 Å². The van der Waals surface area contributed by atoms with Crippen molar-refractivity contribution in [2.45, 2.75) is 19.0 Å². The van der Waals surface area contributed by atoms with Crippen molar-refractivity contribution in [3.8, 4) is 0 Å². The molecule has 0 aliphatic carbocycles. The highest BCUT2D eigenvalue weighted by atomic mass is 19.4. The largest absolute Gasteiger partial charge is 0.392 e. The Morgan fingerprint density at radius 1 is 1.35 bits per heavy atom. The van der Waals surface area contributed by atoms with Crippen molar-refractivity contribution >= 4 is 5.69 Å². The quantitative estimate of drug-likeness (QED) is 0.838. The van der Waals surface area contributed by atoms with Crippen molar-refractivity contribution < 1.29 is 13.2 Å². The Labute approximate surface area is 99.0 Å². The van der Waals surface area contributed by atoms with Gasteiger partial charge < -0.3 is 11.1 Å². The first-order valence-electron chi connectivity index (χ1n) is 5.51. The number of alkyl halides is 3. The SMILES string of the molecule is CNc1cccc(CC(CCN)C(F)(F)F)c1. The van der Waals surface area contributed by atoms with Gasteiger partial charge in [-0.1, -0.05) is 12.1 Å². The van der Waals surface area contributed by atoms with Crippen LogP contribution in [0.4, 0.5) is 18.9 Å². The Morgan fingerprint density at radius 2 is 2.06 bits per heavy atom. The van der Waals surface area contributed by atoms with Crippen LogP contribution in [0.1, 0.15) is 12.0 Å². The standard InChI is InChI=1S/C12H17F3N2/c1-17-11-4-2-3-9(8-11)7-10(5-6-16)12(13,14)15/h2-4,8,10,17H,5-7,16H2,1H3. The van der Waals surface area contributed by atoms with Gasteiger partial charge in [-0.05, 0) is 37.1 Å². The van der Waals surface area contributed by atoms with E-state index in [4.69, 9.17) is 5.73 Å². The Bertz CT molecular complexity index is 350. The predicted octanol–water partition coefficient (Wildman–Crippen LogP) is 2.80. The van der Waals surface area contributed by atoms with Gasteiger partial charge in [-0.25, -0.2) is 0 Å². The highest BCUT2D eigenvalue weighted by Gasteiger charge is 2.38. The van der Waals surface area contributed by atoms with E-state index in [9.17, 15) is 13.2 Å². The molecule has 0 saturated heterocycles. The van der Waals surface area contributed by atoms with Crippen molar-refractivity contribution in [3.63, 3.8) is 0 Å². The Balaban J connectivity index is 2.78. The molecule has 1 aromatic carbocycles. The molecule has 1 atom stereocenters. The third kappa shape index (κ3) is 4.26. The topological polar surface area (TPSA) is 38.0 Å². The number of hydrogen-bond donors (Lipinski definition) is 2. The van der Waals surface area contributed by atoms with Crippen LogP contribution < -0.4 is 11.1 Å². The van der Waals surface area contributed by atoms with Crippen molar-refractivity contribution in [2.24, 2.45) is 11.7 Å². The molecule has 0 radical (unpaired) electrons. The lowest BCUT2D eigenvalue weighted by molar-refractivity contribution is -0.175. The maximum absolute atomic E-state index is 12.7. The average Bonchev–Trinajstić information content (AvgIpc) is 2.27. The number of halogens is 3. The Kier molecular flexibility index (Phi) is 4.81. The predicted molar refractivity (Wildman–Crippen MR) is 62.9 cm³/mol. The normalized spacial score (nSPS) is 13.5. The molecule has 1 rings (SSSR count). The van der Waals surface area contributed by atoms with Crippen LogP contribution in [0.15, 0.2) is 24.3 Å². The lowest BCUT2D eigenvalue weighted by Gasteiger charge is -2.19. The maximum atomic E-state index is 12.7. The van der Waals surface area contributed by atoms with Gasteiger partial charge in [0.25, 0.3) is 0 Å². The molecule has 1 unspecified atom stereocenters. The third-order valence-electron chi connectivity index (χ3n) is 2.68. The smallest absolute Gasteiger partial charge is 0.388 e. The minimum atomic E-state index is -4.19. The van der Waals surface area contributed by atoms with Crippen LogP contribution in [0.5, 0.6) is 0 Å². The molecule has 0 heterocycles. The molecule has 2 nitrogen and oxygen atoms in total. The molecule has 0 fully saturated rings. The molecule has 5 heteroatoms. The van der Waals surface area contributed by atoms with Crippen molar-refractivity contribution in [1.82, 2.24) is 0 Å². The van der Waals surface area contributed by atoms with E-state index in [1.54, 1.807) is 25.2 Å². The molecular formula is C12H17F3N2. The summed E-state index contributed by atoms with van der Waals surface area (Å²) < 4.78 is 38.1. The maximum Gasteiger partial charge on any atom is 0.392 e. The van der Waals surface area contributed by atoms with Gasteiger partial charge >= 0.3 is 6.18 Å². The fourth-order valence-corrected chi connectivity index (χ4v) is 1.72. The van der Waals surface area contributed by atoms with Crippen LogP contribution in [0.3, 0.4) is 0 Å². The summed E-state index contributed by atoms with van der Waals surface area (Å²) in [7, 11) is 1.74. The van der Waals surface area contributed by atoms with Gasteiger partial charge in [0.15, 0.2) is 0 Å². The summed E-state index contributed by atoms with van der Waals surface area (Å²) in [6.45, 7) is 0.0515. The number of nitrogens with two attached hydrogens (primary N) is 1. The minimum Gasteiger partial charge on any atom is -0.388 e. The van der Waals surface area contributed by atoms with Crippen molar-refractivity contribution in [2.75, 3.05) is 18.9 Å². The number of hydrogen-bond acceptors (Lipinski definition) is 2. The van der Waals surface area contributed by atoms with Gasteiger partial charge in [0.2, 0.25) is 0 Å². The van der Waals surface area contributed by atoms with E-state index in [-0.39, 0.29) is 19.4 Å². The summed E-state index contributed by atoms with van der Waals surface area (Å²) in [6.07, 6.45) is -4.24. The summed E-state index contributed by atoms with van der Waals surface area (Å²) in [5.74, 6) is -1.36. The molecule has 0 saturated carbocycles. The van der Waals surface area contributed by atoms with E-state index in [2.05, 4.69) is 5.32 Å². The second-order valence-corrected chi connectivity index (χ2v) is 3.97. The average molecular weight is 246 g/mol. The summed E-state index contributed by atoms with van der Waals surface area (Å²) in [6, 6.07) is 7.00. The second-order valence-electron chi connectivity index (χ2n) is 3.97. The van der Waals surface area contributed by atoms with E-state index in [1.165, 1.54) is 0 Å². The summed E-state index contributed by atoms with van der Waals surface area (Å²) >= 11 is 0. The molecular weight excluding hydrogens is 229 g/mol. The van der Waals surface area contributed by atoms with E-state index in [0.717, 1.165) is 5.69 Å². The number of rotatable bonds is 5. The molecule has 0 spiro atoms. The Hall–Kier alpha value is -1.23. The van der Waals surface area contributed by atoms with Gasteiger partial charge in [-0.15, -0.1) is 0 Å². The lowest BCUT2D eigenvalue weighted by Crippen LogP contribution is -2.27. The van der Waals surface area contributed by atoms with E-state index in [1.807, 2.05) is 6.07 Å². The van der Waals surface area contributed by atoms with Crippen LogP contribution in [0.2, 0.25) is 0 Å². The van der Waals surface area contributed by atoms with Crippen LogP contribution in [0.25, 0.3) is 0 Å². The highest BCUT2D eigenvalue weighted by Crippen LogP contribution is 2.31. The van der Waals surface area contributed by atoms with Gasteiger partial charge in [-0.3, -0.25) is 0 Å². The first kappa shape index (κ1) is 13.8. The molecule has 0 aliphatic rings. The van der Waals surface area contributed by atoms with Crippen LogP contribution in [-0.2, 0) is 6.42 Å². The molecule has 96 valence electrons.